The Morgan fingerprint density at radius 2 is 0.966 bits per heavy atom. The molecule has 0 atom stereocenters. The predicted octanol–water partition coefficient (Wildman–Crippen LogP) is 15.6. The van der Waals surface area contributed by atoms with E-state index in [-0.39, 0.29) is 29.7 Å². The first-order valence-corrected chi connectivity index (χ1v) is 19.5. The number of rotatable bonds is 7. The number of nitrogens with zero attached hydrogens (tertiary/aromatic N) is 2. The van der Waals surface area contributed by atoms with Crippen LogP contribution in [0.4, 0.5) is 17.1 Å². The molecule has 2 heteroatoms. The monoisotopic (exact) mass is 743 g/mol. The second-order valence-corrected chi connectivity index (χ2v) is 14.6. The summed E-state index contributed by atoms with van der Waals surface area (Å²) in [7, 11) is 0. The topological polar surface area (TPSA) is 8.17 Å². The minimum atomic E-state index is -0.401. The molecule has 0 saturated heterocycles. The van der Waals surface area contributed by atoms with Crippen LogP contribution in [-0.4, -0.2) is 4.57 Å². The summed E-state index contributed by atoms with van der Waals surface area (Å²) >= 11 is 0. The van der Waals surface area contributed by atoms with Crippen molar-refractivity contribution in [2.75, 3.05) is 4.90 Å². The Kier molecular flexibility index (Phi) is 6.98. The van der Waals surface area contributed by atoms with Gasteiger partial charge in [0, 0.05) is 33.2 Å². The number of hydrogen-bond acceptors (Lipinski definition) is 1. The highest BCUT2D eigenvalue weighted by atomic mass is 15.1. The zero-order valence-electron chi connectivity index (χ0n) is 36.4. The molecule has 0 saturated carbocycles. The van der Waals surface area contributed by atoms with Crippen molar-refractivity contribution in [2.24, 2.45) is 0 Å². The Labute approximate surface area is 345 Å². The minimum Gasteiger partial charge on any atom is -0.310 e. The maximum Gasteiger partial charge on any atom is 0.0629 e. The van der Waals surface area contributed by atoms with E-state index in [2.05, 4.69) is 167 Å². The van der Waals surface area contributed by atoms with Gasteiger partial charge in [0.1, 0.15) is 0 Å². The Bertz CT molecular complexity index is 3530. The lowest BCUT2D eigenvalue weighted by atomic mass is 9.94. The van der Waals surface area contributed by atoms with Gasteiger partial charge in [0.25, 0.3) is 0 Å². The molecule has 0 aliphatic heterocycles. The summed E-state index contributed by atoms with van der Waals surface area (Å²) in [6.07, 6.45) is 0. The maximum atomic E-state index is 8.54. The van der Waals surface area contributed by atoms with Crippen LogP contribution < -0.4 is 4.90 Å². The molecule has 2 nitrogen and oxygen atoms in total. The van der Waals surface area contributed by atoms with Gasteiger partial charge in [-0.05, 0) is 104 Å². The van der Waals surface area contributed by atoms with E-state index in [0.717, 1.165) is 55.8 Å². The summed E-state index contributed by atoms with van der Waals surface area (Å²) in [6.45, 7) is 0. The third-order valence-corrected chi connectivity index (χ3v) is 11.3. The molecule has 0 spiro atoms. The van der Waals surface area contributed by atoms with Crippen LogP contribution in [0.3, 0.4) is 0 Å². The lowest BCUT2D eigenvalue weighted by Crippen LogP contribution is -2.10. The van der Waals surface area contributed by atoms with E-state index in [9.17, 15) is 0 Å². The predicted molar refractivity (Wildman–Crippen MR) is 247 cm³/mol. The second-order valence-electron chi connectivity index (χ2n) is 14.6. The van der Waals surface area contributed by atoms with Crippen LogP contribution in [0.15, 0.2) is 230 Å². The van der Waals surface area contributed by atoms with Gasteiger partial charge in [-0.3, -0.25) is 0 Å². The number of hydrogen-bond donors (Lipinski definition) is 0. The van der Waals surface area contributed by atoms with Gasteiger partial charge >= 0.3 is 0 Å². The molecular formula is C56H38N2. The van der Waals surface area contributed by atoms with Crippen molar-refractivity contribution in [2.45, 2.75) is 0 Å². The SMILES string of the molecule is [2H]c1c([2H])c([2H])c(-c2ccc(N(c3ccccc3)c3ccc(-c4ccc(-c5ccc6c7ccccc7n(-c7ccc8ccccc8c7)c6c5)cc4)c4ccccc34)cc2)c([2H])c1[2H]. The molecule has 0 amide bonds. The van der Waals surface area contributed by atoms with Crippen LogP contribution in [-0.2, 0) is 0 Å². The highest BCUT2D eigenvalue weighted by Crippen LogP contribution is 2.43. The molecule has 0 unspecified atom stereocenters. The standard InChI is InChI=1S/C56H38N2/c1-3-13-39(14-4-1)41-27-31-47(32-28-41)57(46-17-5-2-6-18-46)55-36-35-49(50-19-9-10-20-51(50)55)43-25-23-42(24-26-43)45-30-34-53-52-21-11-12-22-54(52)58(56(53)38-45)48-33-29-40-15-7-8-16-44(40)37-48/h1-38H/i1D,3D,4D,13D,14D. The van der Waals surface area contributed by atoms with Gasteiger partial charge in [-0.2, -0.15) is 0 Å². The molecule has 1 aromatic heterocycles. The van der Waals surface area contributed by atoms with Crippen molar-refractivity contribution in [3.05, 3.63) is 230 Å². The van der Waals surface area contributed by atoms with Crippen molar-refractivity contribution in [1.82, 2.24) is 4.57 Å². The largest absolute Gasteiger partial charge is 0.310 e. The molecule has 11 aromatic rings. The van der Waals surface area contributed by atoms with Crippen LogP contribution in [0.1, 0.15) is 6.85 Å². The fourth-order valence-corrected chi connectivity index (χ4v) is 8.49. The summed E-state index contributed by atoms with van der Waals surface area (Å²) < 4.78 is 43.9. The average Bonchev–Trinajstić information content (AvgIpc) is 3.67. The average molecular weight is 744 g/mol. The van der Waals surface area contributed by atoms with Gasteiger partial charge < -0.3 is 9.47 Å². The van der Waals surface area contributed by atoms with E-state index >= 15 is 0 Å². The van der Waals surface area contributed by atoms with Crippen LogP contribution >= 0.6 is 0 Å². The van der Waals surface area contributed by atoms with E-state index < -0.39 is 6.04 Å². The number of aromatic nitrogens is 1. The first kappa shape index (κ1) is 28.7. The van der Waals surface area contributed by atoms with Crippen LogP contribution in [0.2, 0.25) is 0 Å². The maximum absolute atomic E-state index is 8.54. The number of para-hydroxylation sites is 2. The van der Waals surface area contributed by atoms with Gasteiger partial charge in [0.05, 0.1) is 23.6 Å². The van der Waals surface area contributed by atoms with E-state index in [0.29, 0.717) is 5.56 Å². The fraction of sp³-hybridized carbons (Fsp3) is 0. The zero-order valence-corrected chi connectivity index (χ0v) is 31.4. The summed E-state index contributed by atoms with van der Waals surface area (Å²) in [5.41, 5.74) is 11.6. The molecule has 11 rings (SSSR count). The fourth-order valence-electron chi connectivity index (χ4n) is 8.49. The van der Waals surface area contributed by atoms with Crippen molar-refractivity contribution < 1.29 is 6.85 Å². The highest BCUT2D eigenvalue weighted by molar-refractivity contribution is 6.11. The first-order chi connectivity index (χ1) is 30.8. The van der Waals surface area contributed by atoms with Crippen molar-refractivity contribution >= 4 is 60.4 Å². The molecule has 272 valence electrons. The normalized spacial score (nSPS) is 12.7. The zero-order chi connectivity index (χ0) is 42.8. The van der Waals surface area contributed by atoms with E-state index in [1.54, 1.807) is 0 Å². The molecule has 10 aromatic carbocycles. The van der Waals surface area contributed by atoms with Crippen LogP contribution in [0.5, 0.6) is 0 Å². The second kappa shape index (κ2) is 14.1. The molecule has 0 aliphatic rings. The van der Waals surface area contributed by atoms with Crippen LogP contribution in [0, 0.1) is 0 Å². The van der Waals surface area contributed by atoms with Gasteiger partial charge in [-0.1, -0.05) is 176 Å². The molecule has 0 radical (unpaired) electrons. The molecular weight excluding hydrogens is 701 g/mol. The van der Waals surface area contributed by atoms with Gasteiger partial charge in [-0.15, -0.1) is 0 Å². The molecule has 0 N–H and O–H groups in total. The van der Waals surface area contributed by atoms with E-state index in [1.165, 1.54) is 32.6 Å². The van der Waals surface area contributed by atoms with E-state index in [4.69, 9.17) is 6.85 Å². The quantitative estimate of drug-likeness (QED) is 0.158. The molecule has 0 bridgehead atoms. The molecule has 0 fully saturated rings. The van der Waals surface area contributed by atoms with Crippen LogP contribution in [0.25, 0.3) is 82.4 Å². The third kappa shape index (κ3) is 5.82. The Balaban J connectivity index is 0.974. The Morgan fingerprint density at radius 3 is 1.78 bits per heavy atom. The number of anilines is 3. The molecule has 58 heavy (non-hydrogen) atoms. The lowest BCUT2D eigenvalue weighted by molar-refractivity contribution is 1.19. The molecule has 0 aliphatic carbocycles. The van der Waals surface area contributed by atoms with Gasteiger partial charge in [0.2, 0.25) is 0 Å². The van der Waals surface area contributed by atoms with Crippen molar-refractivity contribution in [3.63, 3.8) is 0 Å². The van der Waals surface area contributed by atoms with E-state index in [1.807, 2.05) is 42.5 Å². The number of fused-ring (bicyclic) bond motifs is 5. The summed E-state index contributed by atoms with van der Waals surface area (Å²) in [5, 5.41) is 7.08. The Hall–Kier alpha value is -7.68. The van der Waals surface area contributed by atoms with Gasteiger partial charge in [0.15, 0.2) is 0 Å². The Morgan fingerprint density at radius 1 is 0.362 bits per heavy atom. The summed E-state index contributed by atoms with van der Waals surface area (Å²) in [4.78, 5) is 2.20. The number of benzene rings is 10. The smallest absolute Gasteiger partial charge is 0.0629 e. The molecule has 1 heterocycles. The first-order valence-electron chi connectivity index (χ1n) is 22.0. The lowest BCUT2D eigenvalue weighted by Gasteiger charge is -2.27. The van der Waals surface area contributed by atoms with Gasteiger partial charge in [-0.25, -0.2) is 0 Å². The van der Waals surface area contributed by atoms with Crippen molar-refractivity contribution in [1.29, 1.82) is 0 Å². The van der Waals surface area contributed by atoms with Crippen molar-refractivity contribution in [3.8, 4) is 39.1 Å². The highest BCUT2D eigenvalue weighted by Gasteiger charge is 2.18. The minimum absolute atomic E-state index is 0.185. The summed E-state index contributed by atoms with van der Waals surface area (Å²) in [5.74, 6) is 0. The third-order valence-electron chi connectivity index (χ3n) is 11.3. The summed E-state index contributed by atoms with van der Waals surface area (Å²) in [6, 6.07) is 68.6.